The quantitative estimate of drug-likeness (QED) is 0.0963. The SMILES string of the molecule is C[C@@H]([C@H](O)c1ccccc1)N(C)C[C@H]1C[C@@H](c2ccc(CO)cc2)O[C@@H](c2ccc(-c3ccccc3CNC(=O)CCCCC(=O)O)cc2)O1. The third-order valence-corrected chi connectivity index (χ3v) is 9.43. The lowest BCUT2D eigenvalue weighted by atomic mass is 9.97. The van der Waals surface area contributed by atoms with Crippen molar-refractivity contribution in [2.45, 2.75) is 82.8 Å². The van der Waals surface area contributed by atoms with Crippen LogP contribution in [0.4, 0.5) is 0 Å². The Bertz CT molecular complexity index is 1660. The highest BCUT2D eigenvalue weighted by atomic mass is 16.7. The van der Waals surface area contributed by atoms with Gasteiger partial charge >= 0.3 is 5.97 Å². The molecule has 0 spiro atoms. The Kier molecular flexibility index (Phi) is 13.3. The van der Waals surface area contributed by atoms with Crippen LogP contribution in [0.25, 0.3) is 11.1 Å². The molecule has 0 unspecified atom stereocenters. The van der Waals surface area contributed by atoms with Crippen LogP contribution in [0.3, 0.4) is 0 Å². The fourth-order valence-electron chi connectivity index (χ4n) is 6.31. The molecule has 9 heteroatoms. The number of ether oxygens (including phenoxy) is 2. The number of aliphatic hydroxyl groups is 2. The van der Waals surface area contributed by atoms with Crippen LogP contribution >= 0.6 is 0 Å². The van der Waals surface area contributed by atoms with Gasteiger partial charge in [-0.25, -0.2) is 0 Å². The topological polar surface area (TPSA) is 129 Å². The number of rotatable bonds is 16. The Morgan fingerprint density at radius 1 is 0.860 bits per heavy atom. The number of carboxylic acid groups (broad SMARTS) is 1. The van der Waals surface area contributed by atoms with Gasteiger partial charge in [0.1, 0.15) is 0 Å². The highest BCUT2D eigenvalue weighted by molar-refractivity contribution is 5.76. The molecule has 0 aromatic heterocycles. The number of nitrogens with one attached hydrogen (secondary N) is 1. The Morgan fingerprint density at radius 2 is 1.52 bits per heavy atom. The number of aliphatic carboxylic acids is 1. The Hall–Kier alpha value is -4.38. The van der Waals surface area contributed by atoms with Gasteiger partial charge in [0, 0.05) is 44.0 Å². The first-order valence-electron chi connectivity index (χ1n) is 17.3. The maximum Gasteiger partial charge on any atom is 0.303 e. The van der Waals surface area contributed by atoms with Gasteiger partial charge in [-0.1, -0.05) is 103 Å². The zero-order valence-corrected chi connectivity index (χ0v) is 28.8. The van der Waals surface area contributed by atoms with E-state index in [0.29, 0.717) is 38.8 Å². The Labute approximate surface area is 294 Å². The zero-order chi connectivity index (χ0) is 35.5. The van der Waals surface area contributed by atoms with Gasteiger partial charge in [-0.15, -0.1) is 0 Å². The van der Waals surface area contributed by atoms with E-state index < -0.39 is 18.4 Å². The molecule has 1 aliphatic rings. The van der Waals surface area contributed by atoms with E-state index in [0.717, 1.165) is 38.9 Å². The molecule has 1 fully saturated rings. The van der Waals surface area contributed by atoms with E-state index in [1.807, 2.05) is 117 Å². The summed E-state index contributed by atoms with van der Waals surface area (Å²) in [5.41, 5.74) is 6.57. The van der Waals surface area contributed by atoms with Crippen LogP contribution in [0.2, 0.25) is 0 Å². The highest BCUT2D eigenvalue weighted by Gasteiger charge is 2.34. The van der Waals surface area contributed by atoms with Gasteiger partial charge in [0.2, 0.25) is 5.91 Å². The summed E-state index contributed by atoms with van der Waals surface area (Å²) in [6, 6.07) is 33.4. The minimum atomic E-state index is -0.849. The van der Waals surface area contributed by atoms with Crippen molar-refractivity contribution in [1.82, 2.24) is 10.2 Å². The van der Waals surface area contributed by atoms with Gasteiger partial charge in [-0.3, -0.25) is 14.5 Å². The van der Waals surface area contributed by atoms with Crippen LogP contribution in [0.5, 0.6) is 0 Å². The molecule has 1 saturated heterocycles. The minimum Gasteiger partial charge on any atom is -0.481 e. The largest absolute Gasteiger partial charge is 0.481 e. The molecule has 4 N–H and O–H groups in total. The molecule has 0 bridgehead atoms. The maximum atomic E-state index is 12.4. The fraction of sp³-hybridized carbons (Fsp3) is 0.366. The number of hydrogen-bond donors (Lipinski definition) is 4. The molecule has 1 amide bonds. The molecular weight excluding hydrogens is 632 g/mol. The van der Waals surface area contributed by atoms with E-state index in [4.69, 9.17) is 14.6 Å². The first-order chi connectivity index (χ1) is 24.2. The molecular formula is C41H48N2O7. The summed E-state index contributed by atoms with van der Waals surface area (Å²) in [7, 11) is 2.00. The normalized spacial score (nSPS) is 18.8. The standard InChI is InChI=1S/C41H48N2O7/c1-28(40(48)32-10-4-3-5-11-32)43(2)26-35-24-37(31-18-16-29(27-44)17-19-31)50-41(49-35)33-22-20-30(21-23-33)36-13-7-6-12-34(36)25-42-38(45)14-8-9-15-39(46)47/h3-7,10-13,16-23,28,35,37,40-41,44,48H,8-9,14-15,24-27H2,1-2H3,(H,42,45)(H,46,47)/t28-,35+,37-,40-,41-/m0/s1. The summed E-state index contributed by atoms with van der Waals surface area (Å²) in [4.78, 5) is 25.3. The van der Waals surface area contributed by atoms with Gasteiger partial charge in [-0.05, 0) is 60.2 Å². The molecule has 5 atom stereocenters. The van der Waals surface area contributed by atoms with Crippen LogP contribution in [0.15, 0.2) is 103 Å². The number of carbonyl (C=O) groups excluding carboxylic acids is 1. The van der Waals surface area contributed by atoms with Crippen LogP contribution in [-0.2, 0) is 32.2 Å². The molecule has 50 heavy (non-hydrogen) atoms. The molecule has 0 radical (unpaired) electrons. The van der Waals surface area contributed by atoms with Crippen LogP contribution in [0.1, 0.15) is 85.3 Å². The zero-order valence-electron chi connectivity index (χ0n) is 28.8. The van der Waals surface area contributed by atoms with E-state index in [2.05, 4.69) is 10.2 Å². The van der Waals surface area contributed by atoms with Crippen molar-refractivity contribution < 1.29 is 34.4 Å². The Balaban J connectivity index is 1.29. The monoisotopic (exact) mass is 680 g/mol. The minimum absolute atomic E-state index is 0.0248. The molecule has 1 aliphatic heterocycles. The first-order valence-corrected chi connectivity index (χ1v) is 17.3. The third kappa shape index (κ3) is 10.1. The average Bonchev–Trinajstić information content (AvgIpc) is 3.15. The number of nitrogens with zero attached hydrogens (tertiary/aromatic N) is 1. The average molecular weight is 681 g/mol. The lowest BCUT2D eigenvalue weighted by Crippen LogP contribution is -2.43. The van der Waals surface area contributed by atoms with Gasteiger partial charge in [0.15, 0.2) is 6.29 Å². The lowest BCUT2D eigenvalue weighted by Gasteiger charge is -2.39. The second-order valence-corrected chi connectivity index (χ2v) is 13.0. The van der Waals surface area contributed by atoms with Crippen molar-refractivity contribution in [3.63, 3.8) is 0 Å². The Morgan fingerprint density at radius 3 is 2.22 bits per heavy atom. The van der Waals surface area contributed by atoms with Crippen molar-refractivity contribution in [2.75, 3.05) is 13.6 Å². The second-order valence-electron chi connectivity index (χ2n) is 13.0. The third-order valence-electron chi connectivity index (χ3n) is 9.43. The van der Waals surface area contributed by atoms with Crippen molar-refractivity contribution in [1.29, 1.82) is 0 Å². The van der Waals surface area contributed by atoms with Crippen molar-refractivity contribution in [3.05, 3.63) is 131 Å². The van der Waals surface area contributed by atoms with E-state index >= 15 is 0 Å². The van der Waals surface area contributed by atoms with Crippen LogP contribution in [0, 0.1) is 0 Å². The molecule has 0 aliphatic carbocycles. The van der Waals surface area contributed by atoms with Crippen molar-refractivity contribution in [2.24, 2.45) is 0 Å². The number of likely N-dealkylation sites (N-methyl/N-ethyl adjacent to an activating group) is 1. The predicted molar refractivity (Wildman–Crippen MR) is 192 cm³/mol. The maximum absolute atomic E-state index is 12.4. The second kappa shape index (κ2) is 18.0. The molecule has 0 saturated carbocycles. The highest BCUT2D eigenvalue weighted by Crippen LogP contribution is 2.39. The molecule has 9 nitrogen and oxygen atoms in total. The van der Waals surface area contributed by atoms with E-state index in [-0.39, 0.29) is 37.2 Å². The predicted octanol–water partition coefficient (Wildman–Crippen LogP) is 6.71. The molecule has 264 valence electrons. The van der Waals surface area contributed by atoms with Gasteiger partial charge in [-0.2, -0.15) is 0 Å². The fourth-order valence-corrected chi connectivity index (χ4v) is 6.31. The summed E-state index contributed by atoms with van der Waals surface area (Å²) in [5.74, 6) is -0.950. The van der Waals surface area contributed by atoms with Crippen molar-refractivity contribution >= 4 is 11.9 Å². The van der Waals surface area contributed by atoms with Gasteiger partial charge < -0.3 is 30.1 Å². The number of carbonyl (C=O) groups is 2. The van der Waals surface area contributed by atoms with E-state index in [1.165, 1.54) is 0 Å². The number of carboxylic acids is 1. The number of unbranched alkanes of at least 4 members (excludes halogenated alkanes) is 1. The smallest absolute Gasteiger partial charge is 0.303 e. The van der Waals surface area contributed by atoms with E-state index in [9.17, 15) is 19.8 Å². The number of benzene rings is 4. The van der Waals surface area contributed by atoms with E-state index in [1.54, 1.807) is 0 Å². The summed E-state index contributed by atoms with van der Waals surface area (Å²) in [6.07, 6.45) is 0.318. The molecule has 4 aromatic rings. The summed E-state index contributed by atoms with van der Waals surface area (Å²) in [6.45, 7) is 2.95. The molecule has 1 heterocycles. The number of amides is 1. The summed E-state index contributed by atoms with van der Waals surface area (Å²) < 4.78 is 13.2. The summed E-state index contributed by atoms with van der Waals surface area (Å²) in [5, 5.41) is 32.4. The van der Waals surface area contributed by atoms with Gasteiger partial charge in [0.05, 0.1) is 24.9 Å². The van der Waals surface area contributed by atoms with Crippen molar-refractivity contribution in [3.8, 4) is 11.1 Å². The first kappa shape index (κ1) is 36.9. The van der Waals surface area contributed by atoms with Crippen LogP contribution < -0.4 is 5.32 Å². The summed E-state index contributed by atoms with van der Waals surface area (Å²) >= 11 is 0. The molecule has 4 aromatic carbocycles. The van der Waals surface area contributed by atoms with Gasteiger partial charge in [0.25, 0.3) is 0 Å². The van der Waals surface area contributed by atoms with Crippen LogP contribution in [-0.4, -0.2) is 57.8 Å². The number of aliphatic hydroxyl groups excluding tert-OH is 2. The lowest BCUT2D eigenvalue weighted by molar-refractivity contribution is -0.253. The number of hydrogen-bond acceptors (Lipinski definition) is 7. The molecule has 5 rings (SSSR count).